The van der Waals surface area contributed by atoms with Crippen LogP contribution in [0.1, 0.15) is 82.1 Å². The van der Waals surface area contributed by atoms with E-state index in [1.165, 1.54) is 23.5 Å². The first-order valence-electron chi connectivity index (χ1n) is 14.0. The SMILES string of the molecule is CCN(CC)C(=S)SCCOC(=O)C(C)(CCCOC(=O)C(C(C)C)C(C)C(C)C)SC(=S)N(CC)CC. The van der Waals surface area contributed by atoms with Crippen LogP contribution < -0.4 is 0 Å². The van der Waals surface area contributed by atoms with E-state index in [9.17, 15) is 9.59 Å². The summed E-state index contributed by atoms with van der Waals surface area (Å²) < 4.78 is 12.0. The van der Waals surface area contributed by atoms with Gasteiger partial charge in [-0.2, -0.15) is 0 Å². The van der Waals surface area contributed by atoms with Crippen molar-refractivity contribution in [2.75, 3.05) is 45.1 Å². The topological polar surface area (TPSA) is 59.1 Å². The Kier molecular flexibility index (Phi) is 19.2. The van der Waals surface area contributed by atoms with Gasteiger partial charge in [0.2, 0.25) is 0 Å². The quantitative estimate of drug-likeness (QED) is 0.0990. The number of carbonyl (C=O) groups excluding carboxylic acids is 2. The third-order valence-electron chi connectivity index (χ3n) is 6.98. The van der Waals surface area contributed by atoms with E-state index in [2.05, 4.69) is 58.3 Å². The van der Waals surface area contributed by atoms with E-state index in [1.54, 1.807) is 0 Å². The predicted octanol–water partition coefficient (Wildman–Crippen LogP) is 6.90. The van der Waals surface area contributed by atoms with Crippen LogP contribution in [-0.2, 0) is 19.1 Å². The Morgan fingerprint density at radius 3 is 1.82 bits per heavy atom. The minimum Gasteiger partial charge on any atom is -0.465 e. The normalized spacial score (nSPS) is 14.5. The maximum Gasteiger partial charge on any atom is 0.322 e. The molecule has 38 heavy (non-hydrogen) atoms. The van der Waals surface area contributed by atoms with Gasteiger partial charge in [0.1, 0.15) is 20.0 Å². The summed E-state index contributed by atoms with van der Waals surface area (Å²) in [6, 6.07) is 0. The molecule has 0 fully saturated rings. The number of hydrogen-bond acceptors (Lipinski definition) is 8. The van der Waals surface area contributed by atoms with Gasteiger partial charge in [-0.3, -0.25) is 9.59 Å². The van der Waals surface area contributed by atoms with Crippen molar-refractivity contribution < 1.29 is 19.1 Å². The van der Waals surface area contributed by atoms with Crippen LogP contribution in [0.5, 0.6) is 0 Å². The molecule has 222 valence electrons. The van der Waals surface area contributed by atoms with E-state index >= 15 is 0 Å². The molecular weight excluding hydrogens is 557 g/mol. The Morgan fingerprint density at radius 2 is 1.34 bits per heavy atom. The standard InChI is InChI=1S/C28H52N2O4S4/c1-11-29(12-2)26(35)37-19-18-34-25(32)28(10,38-27(36)30(13-3)14-4)16-15-17-33-24(31)23(21(7)8)22(9)20(5)6/h20-23H,11-19H2,1-10H3. The molecule has 0 aromatic rings. The van der Waals surface area contributed by atoms with Gasteiger partial charge in [-0.1, -0.05) is 82.6 Å². The zero-order valence-electron chi connectivity index (χ0n) is 25.3. The Bertz CT molecular complexity index is 742. The zero-order valence-corrected chi connectivity index (χ0v) is 28.6. The molecule has 0 aliphatic carbocycles. The molecule has 0 N–H and O–H groups in total. The van der Waals surface area contributed by atoms with Crippen LogP contribution in [0.2, 0.25) is 0 Å². The number of carbonyl (C=O) groups is 2. The van der Waals surface area contributed by atoms with Gasteiger partial charge in [-0.15, -0.1) is 0 Å². The maximum atomic E-state index is 13.3. The largest absolute Gasteiger partial charge is 0.465 e. The molecule has 0 saturated heterocycles. The molecule has 3 atom stereocenters. The number of thiocarbonyl (C=S) groups is 2. The van der Waals surface area contributed by atoms with Crippen LogP contribution in [0.25, 0.3) is 0 Å². The van der Waals surface area contributed by atoms with Gasteiger partial charge in [0.25, 0.3) is 0 Å². The van der Waals surface area contributed by atoms with Gasteiger partial charge in [-0.05, 0) is 65.2 Å². The molecule has 0 radical (unpaired) electrons. The zero-order chi connectivity index (χ0) is 29.5. The van der Waals surface area contributed by atoms with E-state index in [4.69, 9.17) is 33.9 Å². The summed E-state index contributed by atoms with van der Waals surface area (Å²) >= 11 is 14.0. The molecule has 0 aromatic carbocycles. The molecule has 0 heterocycles. The number of thioether (sulfide) groups is 2. The Hall–Kier alpha value is -0.580. The predicted molar refractivity (Wildman–Crippen MR) is 173 cm³/mol. The summed E-state index contributed by atoms with van der Waals surface area (Å²) in [5.74, 6) is 0.835. The highest BCUT2D eigenvalue weighted by atomic mass is 32.2. The monoisotopic (exact) mass is 608 g/mol. The summed E-state index contributed by atoms with van der Waals surface area (Å²) in [6.07, 6.45) is 1.04. The van der Waals surface area contributed by atoms with E-state index < -0.39 is 4.75 Å². The number of nitrogens with zero attached hydrogens (tertiary/aromatic N) is 2. The number of hydrogen-bond donors (Lipinski definition) is 0. The van der Waals surface area contributed by atoms with Crippen LogP contribution in [0.15, 0.2) is 0 Å². The summed E-state index contributed by atoms with van der Waals surface area (Å²) in [7, 11) is 0. The van der Waals surface area contributed by atoms with E-state index in [-0.39, 0.29) is 42.9 Å². The Morgan fingerprint density at radius 1 is 0.816 bits per heavy atom. The average molecular weight is 609 g/mol. The second kappa shape index (κ2) is 19.5. The van der Waals surface area contributed by atoms with Crippen LogP contribution in [0, 0.1) is 23.7 Å². The molecule has 0 saturated carbocycles. The lowest BCUT2D eigenvalue weighted by Gasteiger charge is -2.31. The fourth-order valence-electron chi connectivity index (χ4n) is 4.11. The molecule has 0 aliphatic rings. The summed E-state index contributed by atoms with van der Waals surface area (Å²) in [5, 5.41) is 0. The van der Waals surface area contributed by atoms with Crippen LogP contribution in [0.3, 0.4) is 0 Å². The fourth-order valence-corrected chi connectivity index (χ4v) is 7.37. The van der Waals surface area contributed by atoms with Crippen molar-refractivity contribution in [2.45, 2.75) is 86.8 Å². The van der Waals surface area contributed by atoms with E-state index in [0.29, 0.717) is 28.8 Å². The van der Waals surface area contributed by atoms with Gasteiger partial charge < -0.3 is 19.3 Å². The molecule has 0 spiro atoms. The number of ether oxygens (including phenoxy) is 2. The first-order chi connectivity index (χ1) is 17.8. The van der Waals surface area contributed by atoms with Gasteiger partial charge in [0.15, 0.2) is 0 Å². The van der Waals surface area contributed by atoms with E-state index in [0.717, 1.165) is 30.5 Å². The van der Waals surface area contributed by atoms with Crippen LogP contribution >= 0.6 is 48.0 Å². The lowest BCUT2D eigenvalue weighted by Crippen LogP contribution is -2.39. The Balaban J connectivity index is 5.22. The van der Waals surface area contributed by atoms with E-state index in [1.807, 2.05) is 20.8 Å². The van der Waals surface area contributed by atoms with Crippen LogP contribution in [-0.4, -0.2) is 80.3 Å². The van der Waals surface area contributed by atoms with Crippen molar-refractivity contribution >= 4 is 68.5 Å². The molecule has 3 unspecified atom stereocenters. The summed E-state index contributed by atoms with van der Waals surface area (Å²) in [6.45, 7) is 24.4. The molecule has 0 aromatic heterocycles. The third-order valence-corrected chi connectivity index (χ3v) is 10.2. The second-order valence-electron chi connectivity index (χ2n) is 10.3. The first-order valence-corrected chi connectivity index (χ1v) is 16.6. The third kappa shape index (κ3) is 12.7. The number of esters is 2. The summed E-state index contributed by atoms with van der Waals surface area (Å²) in [4.78, 5) is 30.4. The minimum absolute atomic E-state index is 0.143. The second-order valence-corrected chi connectivity index (χ2v) is 14.2. The average Bonchev–Trinajstić information content (AvgIpc) is 2.85. The molecular formula is C28H52N2O4S4. The summed E-state index contributed by atoms with van der Waals surface area (Å²) in [5.41, 5.74) is 0. The highest BCUT2D eigenvalue weighted by Gasteiger charge is 2.38. The van der Waals surface area contributed by atoms with Gasteiger partial charge in [0.05, 0.1) is 12.5 Å². The Labute approximate surface area is 252 Å². The molecule has 0 aliphatic heterocycles. The van der Waals surface area contributed by atoms with Crippen LogP contribution in [0.4, 0.5) is 0 Å². The highest BCUT2D eigenvalue weighted by molar-refractivity contribution is 8.24. The van der Waals surface area contributed by atoms with Gasteiger partial charge in [-0.25, -0.2) is 0 Å². The van der Waals surface area contributed by atoms with Crippen molar-refractivity contribution in [3.8, 4) is 0 Å². The van der Waals surface area contributed by atoms with Crippen molar-refractivity contribution in [1.82, 2.24) is 9.80 Å². The highest BCUT2D eigenvalue weighted by Crippen LogP contribution is 2.34. The first kappa shape index (κ1) is 37.4. The van der Waals surface area contributed by atoms with Gasteiger partial charge >= 0.3 is 11.9 Å². The minimum atomic E-state index is -0.876. The number of rotatable bonds is 17. The van der Waals surface area contributed by atoms with Crippen molar-refractivity contribution in [2.24, 2.45) is 23.7 Å². The smallest absolute Gasteiger partial charge is 0.322 e. The maximum absolute atomic E-state index is 13.3. The van der Waals surface area contributed by atoms with Crippen molar-refractivity contribution in [1.29, 1.82) is 0 Å². The molecule has 0 amide bonds. The molecule has 0 rings (SSSR count). The molecule has 0 bridgehead atoms. The molecule has 10 heteroatoms. The fraction of sp³-hybridized carbons (Fsp3) is 0.857. The lowest BCUT2D eigenvalue weighted by molar-refractivity contribution is -0.153. The van der Waals surface area contributed by atoms with Crippen molar-refractivity contribution in [3.63, 3.8) is 0 Å². The van der Waals surface area contributed by atoms with Crippen molar-refractivity contribution in [3.05, 3.63) is 0 Å². The molecule has 6 nitrogen and oxygen atoms in total. The lowest BCUT2D eigenvalue weighted by atomic mass is 9.78. The van der Waals surface area contributed by atoms with Gasteiger partial charge in [0, 0.05) is 31.9 Å².